The molecule has 0 atom stereocenters. The zero-order chi connectivity index (χ0) is 22.2. The van der Waals surface area contributed by atoms with Crippen molar-refractivity contribution in [3.8, 4) is 17.6 Å². The second-order valence-corrected chi connectivity index (χ2v) is 7.73. The van der Waals surface area contributed by atoms with Crippen LogP contribution in [0.1, 0.15) is 37.8 Å². The van der Waals surface area contributed by atoms with Gasteiger partial charge >= 0.3 is 0 Å². The van der Waals surface area contributed by atoms with Crippen molar-refractivity contribution in [2.24, 2.45) is 0 Å². The number of nitrogens with zero attached hydrogens (tertiary/aromatic N) is 2. The molecule has 0 amide bonds. The van der Waals surface area contributed by atoms with Gasteiger partial charge in [0.15, 0.2) is 5.76 Å². The van der Waals surface area contributed by atoms with E-state index < -0.39 is 0 Å². The maximum atomic E-state index is 9.45. The second-order valence-electron chi connectivity index (χ2n) is 7.32. The number of nitriles is 1. The topological polar surface area (TPSA) is 78.8 Å². The van der Waals surface area contributed by atoms with Crippen LogP contribution in [0.3, 0.4) is 0 Å². The highest BCUT2D eigenvalue weighted by atomic mass is 35.5. The van der Waals surface area contributed by atoms with Crippen LogP contribution in [-0.2, 0) is 4.84 Å². The molecule has 3 rings (SSSR count). The molecular weight excluding hydrogens is 416 g/mol. The highest BCUT2D eigenvalue weighted by Gasteiger charge is 2.20. The number of hydrogen-bond donors (Lipinski definition) is 2. The predicted octanol–water partition coefficient (Wildman–Crippen LogP) is 4.63. The molecular formula is C23H27ClN4O3. The zero-order valence-electron chi connectivity index (χ0n) is 17.9. The molecule has 0 radical (unpaired) electrons. The van der Waals surface area contributed by atoms with Gasteiger partial charge in [0.05, 0.1) is 35.2 Å². The lowest BCUT2D eigenvalue weighted by Gasteiger charge is -2.16. The van der Waals surface area contributed by atoms with Gasteiger partial charge in [-0.05, 0) is 70.6 Å². The number of halogens is 1. The van der Waals surface area contributed by atoms with Gasteiger partial charge in [-0.3, -0.25) is 0 Å². The minimum absolute atomic E-state index is 0.0144. The maximum absolute atomic E-state index is 9.45. The van der Waals surface area contributed by atoms with Crippen LogP contribution in [0.15, 0.2) is 42.6 Å². The Kier molecular flexibility index (Phi) is 8.01. The third-order valence-electron chi connectivity index (χ3n) is 4.52. The van der Waals surface area contributed by atoms with E-state index in [1.807, 2.05) is 39.1 Å². The predicted molar refractivity (Wildman–Crippen MR) is 122 cm³/mol. The molecule has 2 N–H and O–H groups in total. The van der Waals surface area contributed by atoms with Gasteiger partial charge in [0, 0.05) is 11.6 Å². The highest BCUT2D eigenvalue weighted by Crippen LogP contribution is 2.33. The molecule has 1 aliphatic heterocycles. The first-order valence-electron chi connectivity index (χ1n) is 10.2. The van der Waals surface area contributed by atoms with Crippen molar-refractivity contribution in [2.75, 3.05) is 25.2 Å². The fourth-order valence-electron chi connectivity index (χ4n) is 3.01. The van der Waals surface area contributed by atoms with Gasteiger partial charge < -0.3 is 19.6 Å². The van der Waals surface area contributed by atoms with E-state index in [0.717, 1.165) is 36.4 Å². The summed E-state index contributed by atoms with van der Waals surface area (Å²) in [5.74, 6) is 1.84. The van der Waals surface area contributed by atoms with E-state index in [1.165, 1.54) is 0 Å². The summed E-state index contributed by atoms with van der Waals surface area (Å²) < 4.78 is 11.4. The number of rotatable bonds is 10. The molecule has 0 bridgehead atoms. The number of ether oxygens (including phenoxy) is 2. The molecule has 0 unspecified atom stereocenters. The fraction of sp³-hybridized carbons (Fsp3) is 0.348. The summed E-state index contributed by atoms with van der Waals surface area (Å²) in [4.78, 5) is 5.61. The van der Waals surface area contributed by atoms with Gasteiger partial charge in [0.2, 0.25) is 0 Å². The number of nitrogens with one attached hydrogen (secondary N) is 2. The Balaban J connectivity index is 1.69. The number of hydrazine groups is 1. The number of hydrogen-bond acceptors (Lipinski definition) is 7. The van der Waals surface area contributed by atoms with Gasteiger partial charge in [-0.15, -0.1) is 0 Å². The second kappa shape index (κ2) is 10.9. The van der Waals surface area contributed by atoms with Gasteiger partial charge in [0.25, 0.3) is 0 Å². The van der Waals surface area contributed by atoms with Crippen LogP contribution in [0.2, 0.25) is 5.02 Å². The molecule has 0 spiro atoms. The van der Waals surface area contributed by atoms with Crippen molar-refractivity contribution in [1.82, 2.24) is 10.9 Å². The third kappa shape index (κ3) is 6.05. The first-order chi connectivity index (χ1) is 15.0. The number of benzene rings is 2. The summed E-state index contributed by atoms with van der Waals surface area (Å²) in [6.07, 6.45) is 3.79. The summed E-state index contributed by atoms with van der Waals surface area (Å²) in [5.41, 5.74) is 4.75. The molecule has 0 fully saturated rings. The molecule has 7 nitrogen and oxygen atoms in total. The summed E-state index contributed by atoms with van der Waals surface area (Å²) >= 11 is 6.47. The maximum Gasteiger partial charge on any atom is 0.174 e. The first-order valence-corrected chi connectivity index (χ1v) is 10.6. The van der Waals surface area contributed by atoms with Gasteiger partial charge in [-0.25, -0.2) is 5.01 Å². The van der Waals surface area contributed by atoms with E-state index in [0.29, 0.717) is 28.7 Å². The average Bonchev–Trinajstić information content (AvgIpc) is 3.23. The molecule has 2 aromatic carbocycles. The number of anilines is 1. The highest BCUT2D eigenvalue weighted by molar-refractivity contribution is 6.33. The Morgan fingerprint density at radius 3 is 2.77 bits per heavy atom. The molecule has 31 heavy (non-hydrogen) atoms. The van der Waals surface area contributed by atoms with Crippen LogP contribution < -0.4 is 25.4 Å². The van der Waals surface area contributed by atoms with Crippen molar-refractivity contribution < 1.29 is 14.3 Å². The van der Waals surface area contributed by atoms with Crippen LogP contribution in [0.4, 0.5) is 5.69 Å². The van der Waals surface area contributed by atoms with Gasteiger partial charge in [-0.2, -0.15) is 5.26 Å². The summed E-state index contributed by atoms with van der Waals surface area (Å²) in [7, 11) is 1.94. The molecule has 0 aromatic heterocycles. The molecule has 2 aromatic rings. The van der Waals surface area contributed by atoms with Crippen molar-refractivity contribution in [3.05, 3.63) is 58.7 Å². The molecule has 164 valence electrons. The van der Waals surface area contributed by atoms with E-state index >= 15 is 0 Å². The monoisotopic (exact) mass is 442 g/mol. The SMILES string of the molecule is CNCCCCOc1ccc(N2C=C(c3ccc(OC(C)C)c(C#N)c3)ON2)c(Cl)c1. The normalized spacial score (nSPS) is 13.0. The van der Waals surface area contributed by atoms with Crippen LogP contribution in [-0.4, -0.2) is 26.3 Å². The number of unbranched alkanes of at least 4 members (excludes halogenated alkanes) is 1. The van der Waals surface area contributed by atoms with E-state index in [9.17, 15) is 5.26 Å². The Labute approximate surface area is 188 Å². The summed E-state index contributed by atoms with van der Waals surface area (Å²) in [6.45, 7) is 5.46. The van der Waals surface area contributed by atoms with Gasteiger partial charge in [0.1, 0.15) is 17.6 Å². The van der Waals surface area contributed by atoms with Crippen LogP contribution >= 0.6 is 11.6 Å². The molecule has 0 aliphatic carbocycles. The minimum Gasteiger partial charge on any atom is -0.494 e. The summed E-state index contributed by atoms with van der Waals surface area (Å²) in [5, 5.41) is 14.8. The van der Waals surface area contributed by atoms with Gasteiger partial charge in [-0.1, -0.05) is 17.2 Å². The van der Waals surface area contributed by atoms with E-state index in [2.05, 4.69) is 17.0 Å². The van der Waals surface area contributed by atoms with Crippen molar-refractivity contribution >= 4 is 23.0 Å². The van der Waals surface area contributed by atoms with Crippen molar-refractivity contribution in [3.63, 3.8) is 0 Å². The standard InChI is InChI=1S/C23H27ClN4O3/c1-16(2)30-22-9-6-17(12-18(22)14-25)23-15-28(27-31-23)21-8-7-19(13-20(21)24)29-11-5-4-10-26-3/h6-9,12-13,15-16,26-27H,4-5,10-11H2,1-3H3. The quantitative estimate of drug-likeness (QED) is 0.519. The first kappa shape index (κ1) is 22.8. The average molecular weight is 443 g/mol. The minimum atomic E-state index is -0.0144. The molecule has 0 saturated carbocycles. The smallest absolute Gasteiger partial charge is 0.174 e. The van der Waals surface area contributed by atoms with Crippen molar-refractivity contribution in [2.45, 2.75) is 32.8 Å². The van der Waals surface area contributed by atoms with E-state index in [4.69, 9.17) is 25.9 Å². The zero-order valence-corrected chi connectivity index (χ0v) is 18.7. The van der Waals surface area contributed by atoms with Crippen molar-refractivity contribution in [1.29, 1.82) is 5.26 Å². The largest absolute Gasteiger partial charge is 0.494 e. The Morgan fingerprint density at radius 2 is 2.06 bits per heavy atom. The van der Waals surface area contributed by atoms with E-state index in [-0.39, 0.29) is 6.10 Å². The molecule has 0 saturated heterocycles. The van der Waals surface area contributed by atoms with Crippen LogP contribution in [0, 0.1) is 11.3 Å². The Morgan fingerprint density at radius 1 is 1.23 bits per heavy atom. The third-order valence-corrected chi connectivity index (χ3v) is 4.82. The molecule has 1 heterocycles. The Bertz CT molecular complexity index is 972. The lowest BCUT2D eigenvalue weighted by molar-refractivity contribution is 0.180. The summed E-state index contributed by atoms with van der Waals surface area (Å²) in [6, 6.07) is 13.1. The molecule has 1 aliphatic rings. The van der Waals surface area contributed by atoms with Crippen LogP contribution in [0.5, 0.6) is 11.5 Å². The van der Waals surface area contributed by atoms with Crippen LogP contribution in [0.25, 0.3) is 5.76 Å². The molecule has 8 heteroatoms. The Hall–Kier alpha value is -2.92. The fourth-order valence-corrected chi connectivity index (χ4v) is 3.28. The lowest BCUT2D eigenvalue weighted by Crippen LogP contribution is -2.27. The lowest BCUT2D eigenvalue weighted by atomic mass is 10.1. The van der Waals surface area contributed by atoms with E-state index in [1.54, 1.807) is 29.4 Å².